The molecule has 0 unspecified atom stereocenters. The van der Waals surface area contributed by atoms with Crippen molar-refractivity contribution in [3.63, 3.8) is 0 Å². The summed E-state index contributed by atoms with van der Waals surface area (Å²) in [5, 5.41) is 9.88. The van der Waals surface area contributed by atoms with Crippen LogP contribution in [0.25, 0.3) is 0 Å². The molecule has 0 fully saturated rings. The van der Waals surface area contributed by atoms with Crippen LogP contribution in [0.3, 0.4) is 0 Å². The molecule has 12 heavy (non-hydrogen) atoms. The summed E-state index contributed by atoms with van der Waals surface area (Å²) in [5.74, 6) is 1.53. The van der Waals surface area contributed by atoms with Gasteiger partial charge in [0.1, 0.15) is 5.82 Å². The Morgan fingerprint density at radius 1 is 1.75 bits per heavy atom. The van der Waals surface area contributed by atoms with Crippen LogP contribution in [0.2, 0.25) is 0 Å². The standard InChI is InChI=1S/C6H12ClN5/c1-3-9-6-4-5(8-2)10-12(7)11-6/h4,9,11H,3H2,1-2H3,(H,8,10). The van der Waals surface area contributed by atoms with Gasteiger partial charge >= 0.3 is 0 Å². The van der Waals surface area contributed by atoms with Gasteiger partial charge in [0.2, 0.25) is 0 Å². The van der Waals surface area contributed by atoms with Crippen LogP contribution < -0.4 is 16.1 Å². The van der Waals surface area contributed by atoms with E-state index in [1.165, 1.54) is 0 Å². The lowest BCUT2D eigenvalue weighted by Gasteiger charge is -2.21. The molecule has 0 aromatic heterocycles. The fourth-order valence-electron chi connectivity index (χ4n) is 0.820. The van der Waals surface area contributed by atoms with Crippen LogP contribution in [-0.4, -0.2) is 24.1 Å². The number of likely N-dealkylation sites (N-methyl/N-ethyl adjacent to an activating group) is 1. The zero-order valence-electron chi connectivity index (χ0n) is 7.06. The molecule has 0 radical (unpaired) electrons. The van der Waals surface area contributed by atoms with Crippen LogP contribution in [0.5, 0.6) is 0 Å². The summed E-state index contributed by atoms with van der Waals surface area (Å²) in [5.41, 5.74) is 2.80. The smallest absolute Gasteiger partial charge is 0.153 e. The molecule has 1 aliphatic rings. The molecular weight excluding hydrogens is 178 g/mol. The van der Waals surface area contributed by atoms with E-state index in [0.717, 1.165) is 17.0 Å². The first-order valence-corrected chi connectivity index (χ1v) is 4.04. The molecule has 3 N–H and O–H groups in total. The summed E-state index contributed by atoms with van der Waals surface area (Å²) in [6.07, 6.45) is 1.84. The lowest BCUT2D eigenvalue weighted by Crippen LogP contribution is -2.39. The maximum absolute atomic E-state index is 5.63. The molecule has 0 aliphatic carbocycles. The van der Waals surface area contributed by atoms with Gasteiger partial charge in [0.25, 0.3) is 0 Å². The SMILES string of the molecule is CCNC1=CC(NC)=NN(Cl)N1. The molecule has 1 heterocycles. The molecule has 0 atom stereocenters. The minimum Gasteiger partial charge on any atom is -0.372 e. The van der Waals surface area contributed by atoms with E-state index in [1.807, 2.05) is 13.0 Å². The Kier molecular flexibility index (Phi) is 3.04. The van der Waals surface area contributed by atoms with Gasteiger partial charge in [-0.15, -0.1) is 9.74 Å². The van der Waals surface area contributed by atoms with Crippen LogP contribution in [0, 0.1) is 0 Å². The number of hydrogen-bond donors (Lipinski definition) is 3. The number of halogens is 1. The van der Waals surface area contributed by atoms with Crippen LogP contribution in [-0.2, 0) is 0 Å². The summed E-state index contributed by atoms with van der Waals surface area (Å²) < 4.78 is 1.13. The quantitative estimate of drug-likeness (QED) is 0.533. The van der Waals surface area contributed by atoms with Gasteiger partial charge < -0.3 is 10.6 Å². The van der Waals surface area contributed by atoms with Crippen LogP contribution in [0.4, 0.5) is 0 Å². The summed E-state index contributed by atoms with van der Waals surface area (Å²) in [6, 6.07) is 0. The third kappa shape index (κ3) is 2.20. The van der Waals surface area contributed by atoms with E-state index >= 15 is 0 Å². The van der Waals surface area contributed by atoms with Crippen molar-refractivity contribution >= 4 is 17.6 Å². The topological polar surface area (TPSA) is 51.7 Å². The fourth-order valence-corrected chi connectivity index (χ4v) is 0.993. The van der Waals surface area contributed by atoms with E-state index in [0.29, 0.717) is 5.84 Å². The van der Waals surface area contributed by atoms with Gasteiger partial charge in [-0.05, 0) is 6.92 Å². The van der Waals surface area contributed by atoms with Crippen molar-refractivity contribution in [1.82, 2.24) is 20.7 Å². The Morgan fingerprint density at radius 2 is 2.50 bits per heavy atom. The second kappa shape index (κ2) is 4.06. The summed E-state index contributed by atoms with van der Waals surface area (Å²) in [4.78, 5) is 0. The number of nitrogens with one attached hydrogen (secondary N) is 3. The van der Waals surface area contributed by atoms with E-state index in [9.17, 15) is 0 Å². The van der Waals surface area contributed by atoms with Crippen LogP contribution in [0.15, 0.2) is 17.0 Å². The zero-order valence-corrected chi connectivity index (χ0v) is 7.81. The maximum Gasteiger partial charge on any atom is 0.153 e. The molecule has 6 heteroatoms. The molecule has 0 bridgehead atoms. The van der Waals surface area contributed by atoms with Crippen molar-refractivity contribution in [2.75, 3.05) is 13.6 Å². The summed E-state index contributed by atoms with van der Waals surface area (Å²) in [6.45, 7) is 2.84. The van der Waals surface area contributed by atoms with Crippen molar-refractivity contribution < 1.29 is 0 Å². The minimum atomic E-state index is 0.708. The molecule has 0 aromatic rings. The lowest BCUT2D eigenvalue weighted by atomic mass is 10.5. The second-order valence-electron chi connectivity index (χ2n) is 2.20. The number of hydrazone groups is 1. The van der Waals surface area contributed by atoms with Crippen molar-refractivity contribution in [3.05, 3.63) is 11.9 Å². The minimum absolute atomic E-state index is 0.708. The average Bonchev–Trinajstić information content (AvgIpc) is 2.04. The number of hydrogen-bond acceptors (Lipinski definition) is 5. The Labute approximate surface area is 76.5 Å². The molecule has 68 valence electrons. The third-order valence-electron chi connectivity index (χ3n) is 1.31. The van der Waals surface area contributed by atoms with Crippen molar-refractivity contribution in [1.29, 1.82) is 0 Å². The molecule has 0 saturated carbocycles. The fraction of sp³-hybridized carbons (Fsp3) is 0.500. The number of hydrazine groups is 1. The molecule has 5 nitrogen and oxygen atoms in total. The highest BCUT2D eigenvalue weighted by Gasteiger charge is 2.08. The highest BCUT2D eigenvalue weighted by molar-refractivity contribution is 6.14. The summed E-state index contributed by atoms with van der Waals surface area (Å²) in [7, 11) is 1.79. The van der Waals surface area contributed by atoms with E-state index in [-0.39, 0.29) is 0 Å². The highest BCUT2D eigenvalue weighted by Crippen LogP contribution is 2.00. The third-order valence-corrected chi connectivity index (χ3v) is 1.47. The van der Waals surface area contributed by atoms with Gasteiger partial charge in [-0.3, -0.25) is 5.43 Å². The number of amidine groups is 1. The highest BCUT2D eigenvalue weighted by atomic mass is 35.5. The van der Waals surface area contributed by atoms with Crippen LogP contribution >= 0.6 is 11.8 Å². The van der Waals surface area contributed by atoms with Crippen molar-refractivity contribution in [3.8, 4) is 0 Å². The van der Waals surface area contributed by atoms with Crippen molar-refractivity contribution in [2.45, 2.75) is 6.92 Å². The van der Waals surface area contributed by atoms with E-state index in [4.69, 9.17) is 11.8 Å². The molecule has 0 amide bonds. The van der Waals surface area contributed by atoms with Gasteiger partial charge in [0.15, 0.2) is 5.84 Å². The van der Waals surface area contributed by atoms with Gasteiger partial charge in [0.05, 0.1) is 11.8 Å². The Hall–Kier alpha value is -1.10. The lowest BCUT2D eigenvalue weighted by molar-refractivity contribution is 0.374. The molecule has 0 aromatic carbocycles. The normalized spacial score (nSPS) is 16.1. The van der Waals surface area contributed by atoms with E-state index < -0.39 is 0 Å². The molecule has 0 saturated heterocycles. The van der Waals surface area contributed by atoms with Gasteiger partial charge in [-0.25, -0.2) is 0 Å². The largest absolute Gasteiger partial charge is 0.372 e. The first-order chi connectivity index (χ1) is 5.76. The molecule has 1 aliphatic heterocycles. The van der Waals surface area contributed by atoms with Gasteiger partial charge in [-0.1, -0.05) is 0 Å². The Morgan fingerprint density at radius 3 is 3.08 bits per heavy atom. The van der Waals surface area contributed by atoms with Crippen LogP contribution in [0.1, 0.15) is 6.92 Å². The summed E-state index contributed by atoms with van der Waals surface area (Å²) >= 11 is 5.63. The van der Waals surface area contributed by atoms with E-state index in [2.05, 4.69) is 21.2 Å². The Bertz CT molecular complexity index is 212. The van der Waals surface area contributed by atoms with Crippen molar-refractivity contribution in [2.24, 2.45) is 5.10 Å². The van der Waals surface area contributed by atoms with E-state index in [1.54, 1.807) is 7.05 Å². The number of rotatable bonds is 2. The first kappa shape index (κ1) is 8.99. The maximum atomic E-state index is 5.63. The molecular formula is C6H12ClN5. The van der Waals surface area contributed by atoms with Gasteiger partial charge in [-0.2, -0.15) is 0 Å². The monoisotopic (exact) mass is 189 g/mol. The predicted molar refractivity (Wildman–Crippen MR) is 49.1 cm³/mol. The average molecular weight is 190 g/mol. The van der Waals surface area contributed by atoms with Gasteiger partial charge in [0, 0.05) is 19.7 Å². The predicted octanol–water partition coefficient (Wildman–Crippen LogP) is -0.0558. The second-order valence-corrected chi connectivity index (χ2v) is 2.52. The number of nitrogens with zero attached hydrogens (tertiary/aromatic N) is 2. The Balaban J connectivity index is 2.64. The zero-order chi connectivity index (χ0) is 8.97. The molecule has 0 spiro atoms. The first-order valence-electron chi connectivity index (χ1n) is 3.70. The molecule has 1 rings (SSSR count).